The quantitative estimate of drug-likeness (QED) is 0.496. The van der Waals surface area contributed by atoms with Crippen molar-refractivity contribution in [1.82, 2.24) is 9.84 Å². The van der Waals surface area contributed by atoms with E-state index in [1.54, 1.807) is 0 Å². The Morgan fingerprint density at radius 1 is 1.70 bits per heavy atom. The second-order valence-electron chi connectivity index (χ2n) is 1.85. The van der Waals surface area contributed by atoms with Crippen molar-refractivity contribution in [2.24, 2.45) is 10.1 Å². The Labute approximate surface area is 58.9 Å². The maximum Gasteiger partial charge on any atom is 0.291 e. The van der Waals surface area contributed by atoms with Gasteiger partial charge in [-0.3, -0.25) is 10.0 Å². The summed E-state index contributed by atoms with van der Waals surface area (Å²) in [5.41, 5.74) is 0. The smallest absolute Gasteiger partial charge is 0.282 e. The number of hydrogen-bond donors (Lipinski definition) is 2. The van der Waals surface area contributed by atoms with E-state index in [2.05, 4.69) is 15.0 Å². The van der Waals surface area contributed by atoms with E-state index >= 15 is 0 Å². The molecule has 0 amide bonds. The summed E-state index contributed by atoms with van der Waals surface area (Å²) in [5.74, 6) is 0. The second-order valence-corrected chi connectivity index (χ2v) is 3.12. The van der Waals surface area contributed by atoms with Crippen molar-refractivity contribution in [3.05, 3.63) is 0 Å². The molecule has 3 N–H and O–H groups in total. The number of hydrazine groups is 1. The van der Waals surface area contributed by atoms with Crippen LogP contribution >= 0.6 is 0 Å². The van der Waals surface area contributed by atoms with E-state index in [1.165, 1.54) is 11.3 Å². The zero-order valence-corrected chi connectivity index (χ0v) is 6.00. The number of rotatable bonds is 2. The van der Waals surface area contributed by atoms with E-state index in [4.69, 9.17) is 0 Å². The van der Waals surface area contributed by atoms with Crippen molar-refractivity contribution in [3.63, 3.8) is 0 Å². The fraction of sp³-hybridized carbons (Fsp3) is 0.667. The summed E-state index contributed by atoms with van der Waals surface area (Å²) in [6.07, 6.45) is 1.39. The van der Waals surface area contributed by atoms with Crippen LogP contribution in [-0.2, 0) is 10.2 Å². The largest absolute Gasteiger partial charge is 0.291 e. The third-order valence-electron chi connectivity index (χ3n) is 0.936. The zero-order valence-electron chi connectivity index (χ0n) is 5.19. The summed E-state index contributed by atoms with van der Waals surface area (Å²) >= 11 is 0. The lowest BCUT2D eigenvalue weighted by atomic mass is 10.7. The summed E-state index contributed by atoms with van der Waals surface area (Å²) in [7, 11) is -3.62. The number of nitrogens with two attached hydrogens (primary N) is 1. The Hall–Kier alpha value is -0.660. The monoisotopic (exact) mass is 164 g/mol. The molecule has 0 aliphatic carbocycles. The molecular weight excluding hydrogens is 156 g/mol. The molecule has 6 nitrogen and oxygen atoms in total. The van der Waals surface area contributed by atoms with Gasteiger partial charge >= 0.3 is 0 Å². The van der Waals surface area contributed by atoms with Gasteiger partial charge in [0.05, 0.1) is 13.1 Å². The summed E-state index contributed by atoms with van der Waals surface area (Å²) in [6, 6.07) is 0. The van der Waals surface area contributed by atoms with Gasteiger partial charge in [0, 0.05) is 0 Å². The minimum atomic E-state index is -3.62. The predicted molar refractivity (Wildman–Crippen MR) is 36.3 cm³/mol. The first-order chi connectivity index (χ1) is 4.58. The molecular formula is C3H8N4O2S. The van der Waals surface area contributed by atoms with Crippen LogP contribution in [0.1, 0.15) is 0 Å². The van der Waals surface area contributed by atoms with Crippen LogP contribution in [0.2, 0.25) is 0 Å². The van der Waals surface area contributed by atoms with Gasteiger partial charge in [-0.15, -0.1) is 4.83 Å². The van der Waals surface area contributed by atoms with Gasteiger partial charge in [0.25, 0.3) is 10.2 Å². The number of nitrogens with one attached hydrogen (secondary N) is 1. The molecule has 0 aromatic heterocycles. The number of hydrogen-bond acceptors (Lipinski definition) is 4. The Morgan fingerprint density at radius 2 is 2.40 bits per heavy atom. The standard InChI is InChI=1S/C3H8N4O2S/c4-10(8,9)6-7-2-1-5-3-7/h3,6H,1-2H2,(H2,4,8,9). The van der Waals surface area contributed by atoms with E-state index in [1.807, 2.05) is 0 Å². The molecule has 0 saturated carbocycles. The van der Waals surface area contributed by atoms with E-state index in [0.717, 1.165) is 0 Å². The van der Waals surface area contributed by atoms with Gasteiger partial charge in [0.15, 0.2) is 0 Å². The van der Waals surface area contributed by atoms with E-state index in [9.17, 15) is 8.42 Å². The Morgan fingerprint density at radius 3 is 2.80 bits per heavy atom. The lowest BCUT2D eigenvalue weighted by Crippen LogP contribution is -2.43. The SMILES string of the molecule is NS(=O)(=O)NN1C=NCC1. The minimum Gasteiger partial charge on any atom is -0.282 e. The van der Waals surface area contributed by atoms with Crippen LogP contribution in [0.5, 0.6) is 0 Å². The van der Waals surface area contributed by atoms with Crippen LogP contribution in [-0.4, -0.2) is 32.9 Å². The summed E-state index contributed by atoms with van der Waals surface area (Å²) in [4.78, 5) is 5.82. The zero-order chi connectivity index (χ0) is 7.61. The summed E-state index contributed by atoms with van der Waals surface area (Å²) in [6.45, 7) is 1.14. The molecule has 1 aliphatic rings. The molecule has 0 aromatic carbocycles. The van der Waals surface area contributed by atoms with Crippen LogP contribution in [0, 0.1) is 0 Å². The molecule has 0 atom stereocenters. The van der Waals surface area contributed by atoms with Crippen LogP contribution in [0.4, 0.5) is 0 Å². The van der Waals surface area contributed by atoms with Gasteiger partial charge in [0.2, 0.25) is 0 Å². The molecule has 0 fully saturated rings. The van der Waals surface area contributed by atoms with Gasteiger partial charge in [-0.1, -0.05) is 0 Å². The predicted octanol–water partition coefficient (Wildman–Crippen LogP) is -1.96. The van der Waals surface area contributed by atoms with Crippen LogP contribution in [0.3, 0.4) is 0 Å². The van der Waals surface area contributed by atoms with Gasteiger partial charge in [-0.05, 0) is 0 Å². The van der Waals surface area contributed by atoms with E-state index in [0.29, 0.717) is 13.1 Å². The van der Waals surface area contributed by atoms with Gasteiger partial charge in [-0.2, -0.15) is 8.42 Å². The summed E-state index contributed by atoms with van der Waals surface area (Å²) < 4.78 is 20.7. The Kier molecular flexibility index (Phi) is 1.88. The fourth-order valence-corrected chi connectivity index (χ4v) is 1.08. The fourth-order valence-electron chi connectivity index (χ4n) is 0.612. The normalized spacial score (nSPS) is 18.3. The average Bonchev–Trinajstić information content (AvgIpc) is 2.12. The third-order valence-corrected chi connectivity index (χ3v) is 1.42. The molecule has 58 valence electrons. The first kappa shape index (κ1) is 7.45. The molecule has 0 saturated heterocycles. The first-order valence-electron chi connectivity index (χ1n) is 2.65. The van der Waals surface area contributed by atoms with Gasteiger partial charge in [0.1, 0.15) is 6.34 Å². The molecule has 0 aromatic rings. The lowest BCUT2D eigenvalue weighted by molar-refractivity contribution is 0.419. The highest BCUT2D eigenvalue weighted by Crippen LogP contribution is 1.87. The number of aliphatic imine (C=N–C) groups is 1. The van der Waals surface area contributed by atoms with E-state index in [-0.39, 0.29) is 0 Å². The Balaban J connectivity index is 2.47. The summed E-state index contributed by atoms with van der Waals surface area (Å²) in [5, 5.41) is 5.99. The minimum absolute atomic E-state index is 0.538. The average molecular weight is 164 g/mol. The first-order valence-corrected chi connectivity index (χ1v) is 4.19. The van der Waals surface area contributed by atoms with Crippen molar-refractivity contribution in [2.45, 2.75) is 0 Å². The second kappa shape index (κ2) is 2.52. The molecule has 0 radical (unpaired) electrons. The highest BCUT2D eigenvalue weighted by atomic mass is 32.2. The molecule has 0 unspecified atom stereocenters. The molecule has 1 aliphatic heterocycles. The number of nitrogens with zero attached hydrogens (tertiary/aromatic N) is 2. The van der Waals surface area contributed by atoms with Crippen molar-refractivity contribution in [1.29, 1.82) is 0 Å². The molecule has 10 heavy (non-hydrogen) atoms. The van der Waals surface area contributed by atoms with E-state index < -0.39 is 10.2 Å². The molecule has 1 heterocycles. The van der Waals surface area contributed by atoms with Crippen LogP contribution in [0.25, 0.3) is 0 Å². The van der Waals surface area contributed by atoms with Crippen LogP contribution < -0.4 is 9.97 Å². The lowest BCUT2D eigenvalue weighted by Gasteiger charge is -2.11. The molecule has 0 spiro atoms. The van der Waals surface area contributed by atoms with Crippen molar-refractivity contribution in [3.8, 4) is 0 Å². The maximum atomic E-state index is 10.4. The van der Waals surface area contributed by atoms with Gasteiger partial charge < -0.3 is 0 Å². The topological polar surface area (TPSA) is 87.8 Å². The van der Waals surface area contributed by atoms with Crippen molar-refractivity contribution < 1.29 is 8.42 Å². The van der Waals surface area contributed by atoms with Crippen molar-refractivity contribution in [2.75, 3.05) is 13.1 Å². The molecule has 1 rings (SSSR count). The highest BCUT2D eigenvalue weighted by molar-refractivity contribution is 7.87. The van der Waals surface area contributed by atoms with Gasteiger partial charge in [-0.25, -0.2) is 5.14 Å². The highest BCUT2D eigenvalue weighted by Gasteiger charge is 2.09. The van der Waals surface area contributed by atoms with Crippen LogP contribution in [0.15, 0.2) is 4.99 Å². The maximum absolute atomic E-state index is 10.4. The third kappa shape index (κ3) is 2.29. The molecule has 0 bridgehead atoms. The Bertz CT molecular complexity index is 233. The molecule has 7 heteroatoms. The van der Waals surface area contributed by atoms with Crippen molar-refractivity contribution >= 4 is 16.5 Å².